The van der Waals surface area contributed by atoms with Gasteiger partial charge in [-0.25, -0.2) is 0 Å². The second-order valence-electron chi connectivity index (χ2n) is 3.43. The minimum absolute atomic E-state index is 0.365. The van der Waals surface area contributed by atoms with Crippen molar-refractivity contribution in [1.82, 2.24) is 0 Å². The molecule has 0 N–H and O–H groups in total. The molecule has 0 atom stereocenters. The van der Waals surface area contributed by atoms with Crippen molar-refractivity contribution in [1.29, 1.82) is 0 Å². The van der Waals surface area contributed by atoms with Crippen molar-refractivity contribution in [3.8, 4) is 17.2 Å². The quantitative estimate of drug-likeness (QED) is 0.563. The highest BCUT2D eigenvalue weighted by atomic mass is 16.6. The van der Waals surface area contributed by atoms with Gasteiger partial charge < -0.3 is 14.2 Å². The molecule has 1 aromatic carbocycles. The average Bonchev–Trinajstić information content (AvgIpc) is 2.36. The first-order valence-electron chi connectivity index (χ1n) is 5.48. The van der Waals surface area contributed by atoms with E-state index in [1.54, 1.807) is 25.3 Å². The number of esters is 1. The van der Waals surface area contributed by atoms with E-state index >= 15 is 0 Å². The van der Waals surface area contributed by atoms with E-state index in [1.165, 1.54) is 13.5 Å². The van der Waals surface area contributed by atoms with E-state index in [9.17, 15) is 4.79 Å². The molecule has 0 aromatic heterocycles. The summed E-state index contributed by atoms with van der Waals surface area (Å²) in [4.78, 5) is 11.4. The number of rotatable bonds is 6. The number of carbonyl (C=O) groups excluding carboxylic acids is 1. The molecule has 17 heavy (non-hydrogen) atoms. The van der Waals surface area contributed by atoms with Gasteiger partial charge >= 0.3 is 5.97 Å². The first kappa shape index (κ1) is 13.4. The zero-order valence-electron chi connectivity index (χ0n) is 10.4. The Hall–Kier alpha value is -1.71. The van der Waals surface area contributed by atoms with Crippen LogP contribution in [0.3, 0.4) is 0 Å². The highest BCUT2D eigenvalue weighted by molar-refractivity contribution is 5.81. The summed E-state index contributed by atoms with van der Waals surface area (Å²) in [5.74, 6) is 1.16. The van der Waals surface area contributed by atoms with E-state index in [1.807, 2.05) is 6.92 Å². The fourth-order valence-corrected chi connectivity index (χ4v) is 1.27. The lowest BCUT2D eigenvalue weighted by atomic mass is 10.2. The molecule has 93 valence electrons. The smallest absolute Gasteiger partial charge is 0.315 e. The summed E-state index contributed by atoms with van der Waals surface area (Å²) in [5.41, 5.74) is 0. The third-order valence-electron chi connectivity index (χ3n) is 2.18. The molecular formula is C13H17O4. The Morgan fingerprint density at radius 3 is 2.59 bits per heavy atom. The molecule has 1 radical (unpaired) electrons. The van der Waals surface area contributed by atoms with Gasteiger partial charge in [0.05, 0.1) is 20.6 Å². The second kappa shape index (κ2) is 6.78. The lowest BCUT2D eigenvalue weighted by Crippen LogP contribution is -2.09. The van der Waals surface area contributed by atoms with Crippen molar-refractivity contribution in [2.75, 3.05) is 14.2 Å². The molecule has 0 unspecified atom stereocenters. The number of unbranched alkanes of at least 4 members (excludes halogenated alkanes) is 1. The summed E-state index contributed by atoms with van der Waals surface area (Å²) in [5, 5.41) is 0. The lowest BCUT2D eigenvalue weighted by Gasteiger charge is -2.10. The second-order valence-corrected chi connectivity index (χ2v) is 3.43. The van der Waals surface area contributed by atoms with Gasteiger partial charge in [0.25, 0.3) is 0 Å². The van der Waals surface area contributed by atoms with Crippen LogP contribution in [0.25, 0.3) is 0 Å². The molecule has 0 aliphatic heterocycles. The third kappa shape index (κ3) is 3.98. The topological polar surface area (TPSA) is 44.8 Å². The standard InChI is InChI=1S/C13H17O4/c1-4-5-6-13(14)17-11-8-7-10(15-2)9-12(11)16-3/h6-9H,4-5H2,1-3H3. The molecular weight excluding hydrogens is 220 g/mol. The van der Waals surface area contributed by atoms with Gasteiger partial charge in [0.15, 0.2) is 11.5 Å². The number of benzene rings is 1. The number of hydrogen-bond donors (Lipinski definition) is 0. The highest BCUT2D eigenvalue weighted by Gasteiger charge is 2.10. The van der Waals surface area contributed by atoms with E-state index < -0.39 is 0 Å². The Kier molecular flexibility index (Phi) is 5.33. The zero-order valence-corrected chi connectivity index (χ0v) is 10.4. The van der Waals surface area contributed by atoms with Gasteiger partial charge in [-0.05, 0) is 18.6 Å². The summed E-state index contributed by atoms with van der Waals surface area (Å²) in [6, 6.07) is 5.03. The predicted molar refractivity (Wildman–Crippen MR) is 64.4 cm³/mol. The zero-order chi connectivity index (χ0) is 12.7. The molecule has 0 saturated carbocycles. The minimum atomic E-state index is -0.365. The molecule has 0 spiro atoms. The van der Waals surface area contributed by atoms with Crippen LogP contribution in [-0.2, 0) is 4.79 Å². The van der Waals surface area contributed by atoms with E-state index in [4.69, 9.17) is 14.2 Å². The molecule has 0 bridgehead atoms. The van der Waals surface area contributed by atoms with E-state index in [2.05, 4.69) is 0 Å². The largest absolute Gasteiger partial charge is 0.497 e. The van der Waals surface area contributed by atoms with Gasteiger partial charge in [-0.2, -0.15) is 0 Å². The molecule has 4 heteroatoms. The molecule has 0 saturated heterocycles. The first-order chi connectivity index (χ1) is 8.21. The van der Waals surface area contributed by atoms with Crippen molar-refractivity contribution in [3.63, 3.8) is 0 Å². The molecule has 0 aliphatic carbocycles. The van der Waals surface area contributed by atoms with E-state index in [0.29, 0.717) is 23.7 Å². The van der Waals surface area contributed by atoms with Crippen LogP contribution < -0.4 is 14.2 Å². The summed E-state index contributed by atoms with van der Waals surface area (Å²) >= 11 is 0. The van der Waals surface area contributed by atoms with Crippen molar-refractivity contribution in [2.24, 2.45) is 0 Å². The Labute approximate surface area is 101 Å². The number of carbonyl (C=O) groups is 1. The summed E-state index contributed by atoms with van der Waals surface area (Å²) in [6.07, 6.45) is 3.13. The maximum absolute atomic E-state index is 11.4. The van der Waals surface area contributed by atoms with E-state index in [0.717, 1.165) is 6.42 Å². The van der Waals surface area contributed by atoms with Crippen molar-refractivity contribution < 1.29 is 19.0 Å². The fraction of sp³-hybridized carbons (Fsp3) is 0.385. The Morgan fingerprint density at radius 2 is 2.00 bits per heavy atom. The first-order valence-corrected chi connectivity index (χ1v) is 5.48. The number of ether oxygens (including phenoxy) is 3. The summed E-state index contributed by atoms with van der Waals surface area (Å²) in [7, 11) is 3.08. The normalized spacial score (nSPS) is 9.82. The molecule has 1 rings (SSSR count). The molecule has 0 aliphatic rings. The Balaban J connectivity index is 2.73. The van der Waals surface area contributed by atoms with Crippen LogP contribution >= 0.6 is 0 Å². The minimum Gasteiger partial charge on any atom is -0.497 e. The maximum atomic E-state index is 11.4. The summed E-state index contributed by atoms with van der Waals surface area (Å²) < 4.78 is 15.3. The van der Waals surface area contributed by atoms with Crippen LogP contribution in [0, 0.1) is 6.42 Å². The maximum Gasteiger partial charge on any atom is 0.315 e. The van der Waals surface area contributed by atoms with Crippen LogP contribution in [0.4, 0.5) is 0 Å². The SMILES string of the molecule is CCC[CH]C(=O)Oc1ccc(OC)cc1OC. The van der Waals surface area contributed by atoms with Gasteiger partial charge in [0.1, 0.15) is 5.75 Å². The van der Waals surface area contributed by atoms with Gasteiger partial charge in [-0.3, -0.25) is 4.79 Å². The van der Waals surface area contributed by atoms with Crippen molar-refractivity contribution in [2.45, 2.75) is 19.8 Å². The van der Waals surface area contributed by atoms with Crippen molar-refractivity contribution in [3.05, 3.63) is 24.6 Å². The van der Waals surface area contributed by atoms with Crippen molar-refractivity contribution >= 4 is 5.97 Å². The van der Waals surface area contributed by atoms with Crippen LogP contribution in [0.2, 0.25) is 0 Å². The molecule has 0 heterocycles. The van der Waals surface area contributed by atoms with Gasteiger partial charge in [-0.15, -0.1) is 0 Å². The fourth-order valence-electron chi connectivity index (χ4n) is 1.27. The van der Waals surface area contributed by atoms with Gasteiger partial charge in [0.2, 0.25) is 0 Å². The highest BCUT2D eigenvalue weighted by Crippen LogP contribution is 2.31. The number of hydrogen-bond acceptors (Lipinski definition) is 4. The average molecular weight is 237 g/mol. The van der Waals surface area contributed by atoms with E-state index in [-0.39, 0.29) is 5.97 Å². The van der Waals surface area contributed by atoms with Gasteiger partial charge in [-0.1, -0.05) is 13.3 Å². The number of methoxy groups -OCH3 is 2. The van der Waals surface area contributed by atoms with Gasteiger partial charge in [0, 0.05) is 6.07 Å². The molecule has 4 nitrogen and oxygen atoms in total. The van der Waals surface area contributed by atoms with Crippen LogP contribution in [0.5, 0.6) is 17.2 Å². The van der Waals surface area contributed by atoms with Crippen LogP contribution in [0.1, 0.15) is 19.8 Å². The summed E-state index contributed by atoms with van der Waals surface area (Å²) in [6.45, 7) is 2.00. The molecule has 1 aromatic rings. The van der Waals surface area contributed by atoms with Crippen LogP contribution in [0.15, 0.2) is 18.2 Å². The predicted octanol–water partition coefficient (Wildman–Crippen LogP) is 2.61. The van der Waals surface area contributed by atoms with Crippen LogP contribution in [-0.4, -0.2) is 20.2 Å². The molecule has 0 fully saturated rings. The Bertz CT molecular complexity index is 374. The lowest BCUT2D eigenvalue weighted by molar-refractivity contribution is -0.130. The monoisotopic (exact) mass is 237 g/mol. The molecule has 0 amide bonds. The third-order valence-corrected chi connectivity index (χ3v) is 2.18. The Morgan fingerprint density at radius 1 is 1.24 bits per heavy atom.